The molecule has 3 aromatic heterocycles. The van der Waals surface area contributed by atoms with E-state index in [1.54, 1.807) is 10.6 Å². The van der Waals surface area contributed by atoms with E-state index in [-0.39, 0.29) is 17.6 Å². The molecular weight excluding hydrogens is 499 g/mol. The van der Waals surface area contributed by atoms with Crippen molar-refractivity contribution in [3.05, 3.63) is 47.8 Å². The zero-order valence-electron chi connectivity index (χ0n) is 22.1. The van der Waals surface area contributed by atoms with Crippen LogP contribution < -0.4 is 10.6 Å². The molecule has 4 fully saturated rings. The van der Waals surface area contributed by atoms with Crippen LogP contribution in [-0.2, 0) is 0 Å². The van der Waals surface area contributed by atoms with Gasteiger partial charge in [-0.2, -0.15) is 10.4 Å². The van der Waals surface area contributed by atoms with Crippen molar-refractivity contribution in [2.75, 3.05) is 11.9 Å². The van der Waals surface area contributed by atoms with E-state index in [1.165, 1.54) is 26.2 Å². The Morgan fingerprint density at radius 1 is 1.26 bits per heavy atom. The van der Waals surface area contributed by atoms with E-state index in [1.807, 2.05) is 18.2 Å². The van der Waals surface area contributed by atoms with E-state index in [9.17, 15) is 24.7 Å². The first-order valence-electron chi connectivity index (χ1n) is 13.5. The Bertz CT molecular complexity index is 1470. The maximum Gasteiger partial charge on any atom is 0.255 e. The molecule has 204 valence electrons. The third-order valence-electron chi connectivity index (χ3n) is 8.68. The van der Waals surface area contributed by atoms with E-state index in [0.29, 0.717) is 40.9 Å². The van der Waals surface area contributed by atoms with Gasteiger partial charge in [0, 0.05) is 11.7 Å². The lowest BCUT2D eigenvalue weighted by molar-refractivity contribution is -0.127. The number of aromatic nitrogens is 3. The van der Waals surface area contributed by atoms with Gasteiger partial charge in [-0.05, 0) is 88.5 Å². The van der Waals surface area contributed by atoms with Crippen LogP contribution in [0.15, 0.2) is 36.7 Å². The fraction of sp³-hybridized carbons (Fsp3) is 0.517. The molecule has 0 saturated heterocycles. The molecule has 10 heteroatoms. The fourth-order valence-corrected chi connectivity index (χ4v) is 7.31. The number of nitrogens with one attached hydrogen (secondary N) is 2. The number of halogens is 1. The largest absolute Gasteiger partial charge is 0.390 e. The van der Waals surface area contributed by atoms with Crippen LogP contribution in [0, 0.1) is 23.2 Å². The smallest absolute Gasteiger partial charge is 0.255 e. The Morgan fingerprint density at radius 2 is 2.00 bits per heavy atom. The van der Waals surface area contributed by atoms with Crippen molar-refractivity contribution >= 4 is 17.1 Å². The number of carbonyl (C=O) groups is 1. The summed E-state index contributed by atoms with van der Waals surface area (Å²) in [6, 6.07) is 9.35. The van der Waals surface area contributed by atoms with Gasteiger partial charge in [0.15, 0.2) is 0 Å². The molecular formula is C29H33FN6O3. The van der Waals surface area contributed by atoms with Gasteiger partial charge in [-0.15, -0.1) is 0 Å². The van der Waals surface area contributed by atoms with Crippen LogP contribution >= 0.6 is 0 Å². The lowest BCUT2D eigenvalue weighted by Crippen LogP contribution is -2.62. The summed E-state index contributed by atoms with van der Waals surface area (Å²) >= 11 is 0. The van der Waals surface area contributed by atoms with Crippen molar-refractivity contribution in [1.82, 2.24) is 19.9 Å². The first-order valence-corrected chi connectivity index (χ1v) is 13.5. The zero-order valence-corrected chi connectivity index (χ0v) is 22.1. The molecule has 4 bridgehead atoms. The number of anilines is 1. The Labute approximate surface area is 226 Å². The number of nitriles is 1. The minimum absolute atomic E-state index is 0.269. The van der Waals surface area contributed by atoms with Gasteiger partial charge < -0.3 is 20.8 Å². The van der Waals surface area contributed by atoms with Gasteiger partial charge in [-0.1, -0.05) is 0 Å². The molecule has 9 nitrogen and oxygen atoms in total. The van der Waals surface area contributed by atoms with Crippen molar-refractivity contribution in [1.29, 1.82) is 5.26 Å². The minimum atomic E-state index is -1.64. The summed E-state index contributed by atoms with van der Waals surface area (Å²) in [6.07, 6.45) is 6.55. The van der Waals surface area contributed by atoms with E-state index >= 15 is 0 Å². The Hall–Kier alpha value is -3.55. The second-order valence-electron chi connectivity index (χ2n) is 12.4. The van der Waals surface area contributed by atoms with Crippen LogP contribution in [0.5, 0.6) is 0 Å². The van der Waals surface area contributed by atoms with Crippen LogP contribution in [0.1, 0.15) is 68.3 Å². The van der Waals surface area contributed by atoms with Crippen LogP contribution in [0.2, 0.25) is 0 Å². The number of alkyl halides is 1. The third-order valence-corrected chi connectivity index (χ3v) is 8.68. The van der Waals surface area contributed by atoms with Crippen LogP contribution in [-0.4, -0.2) is 60.2 Å². The van der Waals surface area contributed by atoms with Crippen molar-refractivity contribution < 1.29 is 19.4 Å². The summed E-state index contributed by atoms with van der Waals surface area (Å²) in [5, 5.41) is 41.1. The van der Waals surface area contributed by atoms with Gasteiger partial charge in [0.05, 0.1) is 57.7 Å². The molecule has 3 aromatic rings. The first kappa shape index (κ1) is 25.7. The Balaban J connectivity index is 1.37. The molecule has 39 heavy (non-hydrogen) atoms. The third kappa shape index (κ3) is 4.74. The van der Waals surface area contributed by atoms with Gasteiger partial charge in [0.2, 0.25) is 0 Å². The van der Waals surface area contributed by atoms with Gasteiger partial charge in [-0.3, -0.25) is 9.78 Å². The number of amides is 1. The lowest BCUT2D eigenvalue weighted by atomic mass is 9.51. The predicted molar refractivity (Wildman–Crippen MR) is 143 cm³/mol. The van der Waals surface area contributed by atoms with E-state index < -0.39 is 23.3 Å². The predicted octanol–water partition coefficient (Wildman–Crippen LogP) is 3.60. The molecule has 4 N–H and O–H groups in total. The first-order chi connectivity index (χ1) is 18.5. The average Bonchev–Trinajstić information content (AvgIpc) is 3.28. The van der Waals surface area contributed by atoms with Gasteiger partial charge in [0.25, 0.3) is 5.91 Å². The van der Waals surface area contributed by atoms with E-state index in [0.717, 1.165) is 37.6 Å². The Morgan fingerprint density at radius 3 is 2.67 bits per heavy atom. The summed E-state index contributed by atoms with van der Waals surface area (Å²) in [4.78, 5) is 17.8. The number of nitrogens with zero attached hydrogens (tertiary/aromatic N) is 4. The molecule has 0 radical (unpaired) electrons. The second-order valence-corrected chi connectivity index (χ2v) is 12.4. The van der Waals surface area contributed by atoms with Crippen LogP contribution in [0.3, 0.4) is 0 Å². The van der Waals surface area contributed by atoms with Gasteiger partial charge >= 0.3 is 0 Å². The SMILES string of the molecule is CC(C)(O)[C@H](F)CNC(=O)c1cnc(-c2ccc3cc(C#N)cnn23)cc1NC12CC3CC(CC(O)(C3)C1)C2. The molecule has 3 heterocycles. The standard InChI is InChI=1S/C29H33FN6O3/c1-27(2,38)25(30)15-33-26(37)21-14-32-23(24-4-3-20-6-19(12-31)13-34-36(20)24)7-22(21)35-28-8-17-5-18(9-28)11-29(39,10-17)16-28/h3-4,6-7,13-14,17-18,25,38-39H,5,8-11,15-16H2,1-2H3,(H,32,35)(H,33,37)/t17?,18?,25-,28?,29?/m1/s1. The summed E-state index contributed by atoms with van der Waals surface area (Å²) in [6.45, 7) is 2.38. The number of hydrogen-bond donors (Lipinski definition) is 4. The van der Waals surface area contributed by atoms with Crippen LogP contribution in [0.25, 0.3) is 16.9 Å². The van der Waals surface area contributed by atoms with Crippen LogP contribution in [0.4, 0.5) is 10.1 Å². The summed E-state index contributed by atoms with van der Waals surface area (Å²) in [5.41, 5.74) is 0.675. The molecule has 0 aliphatic heterocycles. The van der Waals surface area contributed by atoms with Crippen molar-refractivity contribution in [3.8, 4) is 17.5 Å². The molecule has 0 aromatic carbocycles. The second kappa shape index (κ2) is 9.00. The van der Waals surface area contributed by atoms with E-state index in [2.05, 4.69) is 26.8 Å². The van der Waals surface area contributed by atoms with Crippen molar-refractivity contribution in [2.45, 2.75) is 75.3 Å². The zero-order chi connectivity index (χ0) is 27.6. The monoisotopic (exact) mass is 532 g/mol. The average molecular weight is 533 g/mol. The summed E-state index contributed by atoms with van der Waals surface area (Å²) in [7, 11) is 0. The summed E-state index contributed by atoms with van der Waals surface area (Å²) < 4.78 is 16.1. The number of rotatable bonds is 7. The fourth-order valence-electron chi connectivity index (χ4n) is 7.31. The quantitative estimate of drug-likeness (QED) is 0.365. The van der Waals surface area contributed by atoms with E-state index in [4.69, 9.17) is 0 Å². The highest BCUT2D eigenvalue weighted by Gasteiger charge is 2.57. The Kier molecular flexibility index (Phi) is 5.93. The highest BCUT2D eigenvalue weighted by atomic mass is 19.1. The molecule has 7 rings (SSSR count). The molecule has 4 aliphatic rings. The molecule has 4 saturated carbocycles. The number of fused-ring (bicyclic) bond motifs is 1. The maximum absolute atomic E-state index is 14.4. The molecule has 3 atom stereocenters. The maximum atomic E-state index is 14.4. The lowest BCUT2D eigenvalue weighted by Gasteiger charge is -2.60. The minimum Gasteiger partial charge on any atom is -0.390 e. The number of hydrogen-bond acceptors (Lipinski definition) is 7. The molecule has 1 amide bonds. The normalized spacial score (nSPS) is 28.3. The highest BCUT2D eigenvalue weighted by Crippen LogP contribution is 2.58. The topological polar surface area (TPSA) is 136 Å². The number of carbonyl (C=O) groups excluding carboxylic acids is 1. The molecule has 2 unspecified atom stereocenters. The van der Waals surface area contributed by atoms with Crippen molar-refractivity contribution in [3.63, 3.8) is 0 Å². The summed E-state index contributed by atoms with van der Waals surface area (Å²) in [5.74, 6) is 0.382. The number of pyridine rings is 1. The van der Waals surface area contributed by atoms with Crippen molar-refractivity contribution in [2.24, 2.45) is 11.8 Å². The molecule has 4 aliphatic carbocycles. The highest BCUT2D eigenvalue weighted by molar-refractivity contribution is 6.00. The van der Waals surface area contributed by atoms with Gasteiger partial charge in [-0.25, -0.2) is 8.91 Å². The van der Waals surface area contributed by atoms with Gasteiger partial charge in [0.1, 0.15) is 12.2 Å². The number of aliphatic hydroxyl groups is 2. The molecule has 0 spiro atoms.